The molecule has 1 aliphatic carbocycles. The Kier molecular flexibility index (Phi) is 4.95. The van der Waals surface area contributed by atoms with Crippen LogP contribution in [-0.2, 0) is 17.6 Å². The summed E-state index contributed by atoms with van der Waals surface area (Å²) in [5.74, 6) is 0.810. The summed E-state index contributed by atoms with van der Waals surface area (Å²) >= 11 is 12.8. The lowest BCUT2D eigenvalue weighted by atomic mass is 10.0. The Morgan fingerprint density at radius 2 is 2.03 bits per heavy atom. The van der Waals surface area contributed by atoms with Gasteiger partial charge in [0.1, 0.15) is 11.9 Å². The molecule has 0 aromatic heterocycles. The minimum atomic E-state index is -0.307. The Morgan fingerprint density at radius 1 is 1.17 bits per heavy atom. The summed E-state index contributed by atoms with van der Waals surface area (Å²) in [5, 5.41) is 14.2. The van der Waals surface area contributed by atoms with E-state index in [0.717, 1.165) is 47.5 Å². The van der Waals surface area contributed by atoms with Gasteiger partial charge in [0.05, 0.1) is 12.1 Å². The Balaban J connectivity index is 1.53. The van der Waals surface area contributed by atoms with Crippen LogP contribution in [0.15, 0.2) is 30.3 Å². The fourth-order valence-electron chi connectivity index (χ4n) is 4.79. The number of rotatable bonds is 3. The van der Waals surface area contributed by atoms with Crippen LogP contribution in [0.25, 0.3) is 0 Å². The zero-order chi connectivity index (χ0) is 20.1. The van der Waals surface area contributed by atoms with E-state index in [-0.39, 0.29) is 24.2 Å². The first-order valence-electron chi connectivity index (χ1n) is 9.98. The largest absolute Gasteiger partial charge is 0.484 e. The highest BCUT2D eigenvalue weighted by Gasteiger charge is 2.42. The second-order valence-corrected chi connectivity index (χ2v) is 8.88. The molecule has 2 aliphatic heterocycles. The third-order valence-electron chi connectivity index (χ3n) is 6.19. The van der Waals surface area contributed by atoms with Crippen molar-refractivity contribution >= 4 is 34.8 Å². The van der Waals surface area contributed by atoms with Gasteiger partial charge in [-0.25, -0.2) is 0 Å². The number of hydrogen-bond acceptors (Lipinski definition) is 4. The number of anilines is 1. The second kappa shape index (κ2) is 7.47. The molecule has 0 spiro atoms. The van der Waals surface area contributed by atoms with Gasteiger partial charge in [-0.1, -0.05) is 29.3 Å². The number of aliphatic hydroxyl groups is 1. The Labute approximate surface area is 179 Å². The molecule has 1 unspecified atom stereocenters. The maximum Gasteiger partial charge on any atom is 0.224 e. The third-order valence-corrected chi connectivity index (χ3v) is 6.75. The fraction of sp³-hybridized carbons (Fsp3) is 0.409. The Bertz CT molecular complexity index is 981. The van der Waals surface area contributed by atoms with Crippen LogP contribution < -0.4 is 10.1 Å². The average Bonchev–Trinajstić information content (AvgIpc) is 3.26. The number of aliphatic hydroxyl groups excluding tert-OH is 1. The monoisotopic (exact) mass is 432 g/mol. The summed E-state index contributed by atoms with van der Waals surface area (Å²) in [7, 11) is 0. The van der Waals surface area contributed by atoms with Gasteiger partial charge >= 0.3 is 0 Å². The summed E-state index contributed by atoms with van der Waals surface area (Å²) in [6.45, 7) is 1.46. The second-order valence-electron chi connectivity index (χ2n) is 8.03. The number of benzene rings is 2. The van der Waals surface area contributed by atoms with Gasteiger partial charge < -0.3 is 15.2 Å². The van der Waals surface area contributed by atoms with Crippen molar-refractivity contribution in [3.63, 3.8) is 0 Å². The lowest BCUT2D eigenvalue weighted by molar-refractivity contribution is -0.116. The Morgan fingerprint density at radius 3 is 2.83 bits per heavy atom. The van der Waals surface area contributed by atoms with E-state index >= 15 is 0 Å². The molecule has 0 radical (unpaired) electrons. The standard InChI is InChI=1S/C22H22Cl2N2O3/c23-12-8-16-15(17(24)9-12)10-19(26-7-6-13(27)11-26)22(16)29-20-3-1-2-18-14(20)4-5-21(28)25-18/h1-3,8-9,13,19,22,27H,4-7,10-11H2,(H,25,28)/t13?,19-,22-/m0/s1. The first-order chi connectivity index (χ1) is 14.0. The Hall–Kier alpha value is -1.79. The van der Waals surface area contributed by atoms with Crippen LogP contribution in [0.4, 0.5) is 5.69 Å². The zero-order valence-electron chi connectivity index (χ0n) is 15.8. The van der Waals surface area contributed by atoms with E-state index < -0.39 is 0 Å². The highest BCUT2D eigenvalue weighted by Crippen LogP contribution is 2.44. The number of nitrogens with one attached hydrogen (secondary N) is 1. The molecule has 152 valence electrons. The minimum Gasteiger partial charge on any atom is -0.484 e. The van der Waals surface area contributed by atoms with Crippen molar-refractivity contribution in [3.05, 3.63) is 57.1 Å². The zero-order valence-corrected chi connectivity index (χ0v) is 17.3. The van der Waals surface area contributed by atoms with Crippen molar-refractivity contribution in [2.45, 2.75) is 43.9 Å². The van der Waals surface area contributed by atoms with Gasteiger partial charge in [-0.3, -0.25) is 9.69 Å². The maximum absolute atomic E-state index is 11.8. The number of amides is 1. The molecule has 7 heteroatoms. The minimum absolute atomic E-state index is 0.0309. The third kappa shape index (κ3) is 3.50. The van der Waals surface area contributed by atoms with Crippen LogP contribution >= 0.6 is 23.2 Å². The summed E-state index contributed by atoms with van der Waals surface area (Å²) in [4.78, 5) is 14.1. The number of carbonyl (C=O) groups excluding carboxylic acids is 1. The van der Waals surface area contributed by atoms with Crippen LogP contribution in [0.3, 0.4) is 0 Å². The molecule has 1 amide bonds. The first kappa shape index (κ1) is 19.2. The van der Waals surface area contributed by atoms with Crippen LogP contribution in [0.2, 0.25) is 10.0 Å². The number of hydrogen-bond donors (Lipinski definition) is 2. The SMILES string of the molecule is O=C1CCc2c(cccc2O[C@H]2c3cc(Cl)cc(Cl)c3C[C@@H]2N2CCC(O)C2)N1. The quantitative estimate of drug-likeness (QED) is 0.769. The summed E-state index contributed by atoms with van der Waals surface area (Å²) in [5.41, 5.74) is 3.90. The van der Waals surface area contributed by atoms with E-state index in [1.54, 1.807) is 6.07 Å². The predicted octanol–water partition coefficient (Wildman–Crippen LogP) is 3.99. The number of likely N-dealkylation sites (tertiary alicyclic amines) is 1. The van der Waals surface area contributed by atoms with Gasteiger partial charge in [-0.05, 0) is 49.1 Å². The van der Waals surface area contributed by atoms with Crippen LogP contribution in [0.5, 0.6) is 5.75 Å². The highest BCUT2D eigenvalue weighted by atomic mass is 35.5. The van der Waals surface area contributed by atoms with Crippen LogP contribution in [0.1, 0.15) is 35.6 Å². The van der Waals surface area contributed by atoms with Crippen LogP contribution in [-0.4, -0.2) is 41.1 Å². The van der Waals surface area contributed by atoms with Crippen molar-refractivity contribution in [1.82, 2.24) is 4.90 Å². The van der Waals surface area contributed by atoms with E-state index in [4.69, 9.17) is 27.9 Å². The number of fused-ring (bicyclic) bond motifs is 2. The number of carbonyl (C=O) groups is 1. The van der Waals surface area contributed by atoms with E-state index in [0.29, 0.717) is 29.4 Å². The van der Waals surface area contributed by atoms with E-state index in [9.17, 15) is 9.90 Å². The van der Waals surface area contributed by atoms with Gasteiger partial charge in [0, 0.05) is 46.4 Å². The number of nitrogens with zero attached hydrogens (tertiary/aromatic N) is 1. The predicted molar refractivity (Wildman–Crippen MR) is 113 cm³/mol. The van der Waals surface area contributed by atoms with Crippen molar-refractivity contribution in [1.29, 1.82) is 0 Å². The first-order valence-corrected chi connectivity index (χ1v) is 10.7. The molecular formula is C22H22Cl2N2O3. The van der Waals surface area contributed by atoms with E-state index in [1.807, 2.05) is 24.3 Å². The van der Waals surface area contributed by atoms with Gasteiger partial charge in [0.2, 0.25) is 5.91 Å². The van der Waals surface area contributed by atoms with Gasteiger partial charge in [-0.2, -0.15) is 0 Å². The molecule has 5 rings (SSSR count). The smallest absolute Gasteiger partial charge is 0.224 e. The normalized spacial score (nSPS) is 26.2. The molecular weight excluding hydrogens is 411 g/mol. The molecule has 2 aromatic carbocycles. The number of halogens is 2. The molecule has 1 fully saturated rings. The molecule has 2 N–H and O–H groups in total. The van der Waals surface area contributed by atoms with Crippen LogP contribution in [0, 0.1) is 0 Å². The number of ether oxygens (including phenoxy) is 1. The molecule has 29 heavy (non-hydrogen) atoms. The molecule has 2 aromatic rings. The van der Waals surface area contributed by atoms with Crippen molar-refractivity contribution in [2.75, 3.05) is 18.4 Å². The van der Waals surface area contributed by atoms with Gasteiger partial charge in [0.15, 0.2) is 0 Å². The lowest BCUT2D eigenvalue weighted by Gasteiger charge is -2.31. The van der Waals surface area contributed by atoms with E-state index in [2.05, 4.69) is 10.2 Å². The van der Waals surface area contributed by atoms with Crippen molar-refractivity contribution < 1.29 is 14.6 Å². The molecule has 1 saturated heterocycles. The highest BCUT2D eigenvalue weighted by molar-refractivity contribution is 6.35. The molecule has 0 bridgehead atoms. The average molecular weight is 433 g/mol. The number of β-amino-alcohol motifs (C(OH)–C–C–N with tert-alkyl or cyclic N) is 1. The topological polar surface area (TPSA) is 61.8 Å². The van der Waals surface area contributed by atoms with Gasteiger partial charge in [0.25, 0.3) is 0 Å². The van der Waals surface area contributed by atoms with Gasteiger partial charge in [-0.15, -0.1) is 0 Å². The summed E-state index contributed by atoms with van der Waals surface area (Å²) in [6, 6.07) is 9.55. The molecule has 0 saturated carbocycles. The summed E-state index contributed by atoms with van der Waals surface area (Å²) in [6.07, 6.45) is 2.08. The van der Waals surface area contributed by atoms with E-state index in [1.165, 1.54) is 0 Å². The fourth-order valence-corrected chi connectivity index (χ4v) is 5.37. The molecule has 3 aliphatic rings. The van der Waals surface area contributed by atoms with Crippen molar-refractivity contribution in [2.24, 2.45) is 0 Å². The molecule has 5 nitrogen and oxygen atoms in total. The lowest BCUT2D eigenvalue weighted by Crippen LogP contribution is -2.39. The van der Waals surface area contributed by atoms with Crippen molar-refractivity contribution in [3.8, 4) is 5.75 Å². The molecule has 3 atom stereocenters. The molecule has 2 heterocycles. The maximum atomic E-state index is 11.8. The summed E-state index contributed by atoms with van der Waals surface area (Å²) < 4.78 is 6.61.